The molecule has 0 aromatic heterocycles. The Bertz CT molecular complexity index is 409. The third-order valence-electron chi connectivity index (χ3n) is 2.39. The number of benzene rings is 1. The van der Waals surface area contributed by atoms with Crippen LogP contribution in [0, 0.1) is 0 Å². The Hall–Kier alpha value is -1.26. The second-order valence-electron chi connectivity index (χ2n) is 3.89. The van der Waals surface area contributed by atoms with Crippen molar-refractivity contribution in [2.24, 2.45) is 0 Å². The van der Waals surface area contributed by atoms with Gasteiger partial charge in [-0.25, -0.2) is 0 Å². The van der Waals surface area contributed by atoms with Gasteiger partial charge in [-0.15, -0.1) is 11.6 Å². The number of hydrogen-bond acceptors (Lipinski definition) is 4. The van der Waals surface area contributed by atoms with Crippen molar-refractivity contribution < 1.29 is 14.6 Å². The van der Waals surface area contributed by atoms with Crippen molar-refractivity contribution in [2.75, 3.05) is 24.3 Å². The normalized spacial score (nSPS) is 12.0. The molecule has 2 N–H and O–H groups in total. The van der Waals surface area contributed by atoms with E-state index in [9.17, 15) is 9.90 Å². The standard InChI is InChI=1S/C13H18ClNO3/c1-3-18-13-5-4-10(9(2)16)6-12(13)15-8-11(17)7-14/h4-6,11,15,17H,3,7-8H2,1-2H3. The lowest BCUT2D eigenvalue weighted by Crippen LogP contribution is -2.21. The highest BCUT2D eigenvalue weighted by atomic mass is 35.5. The summed E-state index contributed by atoms with van der Waals surface area (Å²) in [5, 5.41) is 12.4. The number of alkyl halides is 1. The molecule has 1 atom stereocenters. The van der Waals surface area contributed by atoms with Crippen LogP contribution in [0.25, 0.3) is 0 Å². The minimum atomic E-state index is -0.637. The van der Waals surface area contributed by atoms with Crippen molar-refractivity contribution in [1.29, 1.82) is 0 Å². The predicted molar refractivity (Wildman–Crippen MR) is 72.8 cm³/mol. The highest BCUT2D eigenvalue weighted by molar-refractivity contribution is 6.18. The Morgan fingerprint density at radius 3 is 2.83 bits per heavy atom. The molecule has 0 saturated heterocycles. The van der Waals surface area contributed by atoms with E-state index in [1.807, 2.05) is 6.92 Å². The van der Waals surface area contributed by atoms with Crippen LogP contribution < -0.4 is 10.1 Å². The summed E-state index contributed by atoms with van der Waals surface area (Å²) in [7, 11) is 0. The molecule has 0 fully saturated rings. The molecular formula is C13H18ClNO3. The molecule has 1 aromatic carbocycles. The number of hydrogen-bond donors (Lipinski definition) is 2. The third-order valence-corrected chi connectivity index (χ3v) is 2.75. The van der Waals surface area contributed by atoms with E-state index >= 15 is 0 Å². The Labute approximate surface area is 112 Å². The fourth-order valence-corrected chi connectivity index (χ4v) is 1.56. The number of anilines is 1. The van der Waals surface area contributed by atoms with Crippen LogP contribution in [0.5, 0.6) is 5.75 Å². The number of nitrogens with one attached hydrogen (secondary N) is 1. The number of Topliss-reactive ketones (excluding diaryl/α,β-unsaturated/α-hetero) is 1. The minimum Gasteiger partial charge on any atom is -0.492 e. The van der Waals surface area contributed by atoms with Crippen LogP contribution in [0.15, 0.2) is 18.2 Å². The number of halogens is 1. The SMILES string of the molecule is CCOc1ccc(C(C)=O)cc1NCC(O)CCl. The van der Waals surface area contributed by atoms with E-state index in [2.05, 4.69) is 5.32 Å². The first kappa shape index (κ1) is 14.8. The van der Waals surface area contributed by atoms with Crippen molar-refractivity contribution >= 4 is 23.1 Å². The molecule has 0 bridgehead atoms. The number of ketones is 1. The molecule has 0 spiro atoms. The van der Waals surface area contributed by atoms with Crippen molar-refractivity contribution in [3.63, 3.8) is 0 Å². The number of aliphatic hydroxyl groups is 1. The van der Waals surface area contributed by atoms with Gasteiger partial charge in [-0.2, -0.15) is 0 Å². The summed E-state index contributed by atoms with van der Waals surface area (Å²) in [6, 6.07) is 5.18. The summed E-state index contributed by atoms with van der Waals surface area (Å²) in [6.45, 7) is 4.24. The van der Waals surface area contributed by atoms with E-state index in [1.54, 1.807) is 18.2 Å². The Balaban J connectivity index is 2.88. The molecule has 1 unspecified atom stereocenters. The highest BCUT2D eigenvalue weighted by Crippen LogP contribution is 2.26. The maximum atomic E-state index is 11.3. The first-order valence-electron chi connectivity index (χ1n) is 5.84. The summed E-state index contributed by atoms with van der Waals surface area (Å²) in [5.41, 5.74) is 1.29. The average Bonchev–Trinajstić information content (AvgIpc) is 2.37. The maximum absolute atomic E-state index is 11.3. The molecule has 100 valence electrons. The molecule has 0 aliphatic carbocycles. The van der Waals surface area contributed by atoms with Crippen molar-refractivity contribution in [1.82, 2.24) is 0 Å². The molecule has 0 radical (unpaired) electrons. The van der Waals surface area contributed by atoms with E-state index in [-0.39, 0.29) is 11.7 Å². The van der Waals surface area contributed by atoms with Crippen LogP contribution in [-0.4, -0.2) is 36.0 Å². The maximum Gasteiger partial charge on any atom is 0.159 e. The van der Waals surface area contributed by atoms with Gasteiger partial charge >= 0.3 is 0 Å². The van der Waals surface area contributed by atoms with Crippen LogP contribution >= 0.6 is 11.6 Å². The van der Waals surface area contributed by atoms with Crippen LogP contribution in [0.1, 0.15) is 24.2 Å². The summed E-state index contributed by atoms with van der Waals surface area (Å²) in [5.74, 6) is 0.798. The average molecular weight is 272 g/mol. The van der Waals surface area contributed by atoms with E-state index in [0.717, 1.165) is 0 Å². The van der Waals surface area contributed by atoms with E-state index in [0.29, 0.717) is 30.2 Å². The number of carbonyl (C=O) groups excluding carboxylic acids is 1. The fourth-order valence-electron chi connectivity index (χ4n) is 1.45. The van der Waals surface area contributed by atoms with Gasteiger partial charge in [0.1, 0.15) is 5.75 Å². The minimum absolute atomic E-state index is 0.0148. The molecule has 1 aromatic rings. The van der Waals surface area contributed by atoms with Crippen LogP contribution in [0.3, 0.4) is 0 Å². The summed E-state index contributed by atoms with van der Waals surface area (Å²) in [6.07, 6.45) is -0.637. The first-order chi connectivity index (χ1) is 8.58. The van der Waals surface area contributed by atoms with Gasteiger partial charge in [0, 0.05) is 12.1 Å². The molecule has 0 amide bonds. The molecule has 0 heterocycles. The van der Waals surface area contributed by atoms with E-state index < -0.39 is 6.10 Å². The van der Waals surface area contributed by atoms with E-state index in [1.165, 1.54) is 6.92 Å². The molecule has 0 aliphatic heterocycles. The zero-order chi connectivity index (χ0) is 13.5. The number of aliphatic hydroxyl groups excluding tert-OH is 1. The zero-order valence-corrected chi connectivity index (χ0v) is 11.3. The summed E-state index contributed by atoms with van der Waals surface area (Å²) >= 11 is 5.53. The van der Waals surface area contributed by atoms with Crippen LogP contribution in [0.4, 0.5) is 5.69 Å². The first-order valence-corrected chi connectivity index (χ1v) is 6.37. The molecule has 18 heavy (non-hydrogen) atoms. The smallest absolute Gasteiger partial charge is 0.159 e. The second kappa shape index (κ2) is 7.24. The molecule has 0 aliphatic rings. The molecule has 4 nitrogen and oxygen atoms in total. The van der Waals surface area contributed by atoms with Crippen molar-refractivity contribution in [3.05, 3.63) is 23.8 Å². The molecule has 1 rings (SSSR count). The van der Waals surface area contributed by atoms with Gasteiger partial charge in [0.25, 0.3) is 0 Å². The number of carbonyl (C=O) groups is 1. The van der Waals surface area contributed by atoms with Gasteiger partial charge < -0.3 is 15.2 Å². The topological polar surface area (TPSA) is 58.6 Å². The molecule has 5 heteroatoms. The van der Waals surface area contributed by atoms with Gasteiger partial charge in [0.2, 0.25) is 0 Å². The van der Waals surface area contributed by atoms with Gasteiger partial charge in [0.15, 0.2) is 5.78 Å². The molecular weight excluding hydrogens is 254 g/mol. The lowest BCUT2D eigenvalue weighted by Gasteiger charge is -2.15. The fraction of sp³-hybridized carbons (Fsp3) is 0.462. The van der Waals surface area contributed by atoms with Gasteiger partial charge in [0.05, 0.1) is 24.3 Å². The molecule has 0 saturated carbocycles. The third kappa shape index (κ3) is 4.20. The Kier molecular flexibility index (Phi) is 5.95. The summed E-state index contributed by atoms with van der Waals surface area (Å²) in [4.78, 5) is 11.3. The quantitative estimate of drug-likeness (QED) is 0.590. The second-order valence-corrected chi connectivity index (χ2v) is 4.20. The number of rotatable bonds is 7. The summed E-state index contributed by atoms with van der Waals surface area (Å²) < 4.78 is 5.45. The van der Waals surface area contributed by atoms with Gasteiger partial charge in [-0.05, 0) is 32.0 Å². The van der Waals surface area contributed by atoms with E-state index in [4.69, 9.17) is 16.3 Å². The highest BCUT2D eigenvalue weighted by Gasteiger charge is 2.09. The van der Waals surface area contributed by atoms with Crippen molar-refractivity contribution in [3.8, 4) is 5.75 Å². The zero-order valence-electron chi connectivity index (χ0n) is 10.6. The van der Waals surface area contributed by atoms with Gasteiger partial charge in [-0.1, -0.05) is 0 Å². The van der Waals surface area contributed by atoms with Crippen molar-refractivity contribution in [2.45, 2.75) is 20.0 Å². The predicted octanol–water partition coefficient (Wildman–Crippen LogP) is 2.30. The lowest BCUT2D eigenvalue weighted by molar-refractivity contribution is 0.101. The van der Waals surface area contributed by atoms with Crippen LogP contribution in [0.2, 0.25) is 0 Å². The largest absolute Gasteiger partial charge is 0.492 e. The Morgan fingerprint density at radius 1 is 1.56 bits per heavy atom. The van der Waals surface area contributed by atoms with Gasteiger partial charge in [-0.3, -0.25) is 4.79 Å². The number of ether oxygens (including phenoxy) is 1. The monoisotopic (exact) mass is 271 g/mol. The lowest BCUT2D eigenvalue weighted by atomic mass is 10.1. The Morgan fingerprint density at radius 2 is 2.28 bits per heavy atom. The van der Waals surface area contributed by atoms with Crippen LogP contribution in [-0.2, 0) is 0 Å².